The van der Waals surface area contributed by atoms with Crippen LogP contribution >= 0.6 is 11.3 Å². The molecule has 1 heterocycles. The van der Waals surface area contributed by atoms with Crippen LogP contribution in [0.15, 0.2) is 16.8 Å². The molecule has 0 spiro atoms. The third-order valence-electron chi connectivity index (χ3n) is 4.67. The highest BCUT2D eigenvalue weighted by Crippen LogP contribution is 2.22. The second kappa shape index (κ2) is 9.25. The van der Waals surface area contributed by atoms with Crippen molar-refractivity contribution >= 4 is 17.4 Å². The van der Waals surface area contributed by atoms with Crippen molar-refractivity contribution in [2.75, 3.05) is 19.6 Å². The number of carbonyl (C=O) groups excluding carboxylic acids is 1. The molecule has 5 nitrogen and oxygen atoms in total. The number of nitrogens with one attached hydrogen (secondary N) is 2. The average molecular weight is 340 g/mol. The maximum atomic E-state index is 12.2. The molecule has 1 fully saturated rings. The van der Waals surface area contributed by atoms with Crippen LogP contribution in [-0.2, 0) is 0 Å². The van der Waals surface area contributed by atoms with Crippen molar-refractivity contribution < 1.29 is 9.90 Å². The maximum Gasteiger partial charge on any atom is 0.315 e. The van der Waals surface area contributed by atoms with Crippen molar-refractivity contribution in [2.24, 2.45) is 0 Å². The molecule has 6 heteroatoms. The standard InChI is InChI=1S/C17H29N3O2S/c1-3-20(4-2)16(13-9-10-23-12-13)11-18-17(22)19-14-5-7-15(21)8-6-14/h9-10,12,14-16,21H,3-8,11H2,1-2H3,(H2,18,19,22). The van der Waals surface area contributed by atoms with E-state index in [0.29, 0.717) is 6.54 Å². The number of thiophene rings is 1. The van der Waals surface area contributed by atoms with Crippen molar-refractivity contribution in [3.8, 4) is 0 Å². The first-order valence-corrected chi connectivity index (χ1v) is 9.56. The van der Waals surface area contributed by atoms with E-state index in [0.717, 1.165) is 38.8 Å². The Morgan fingerprint density at radius 1 is 1.35 bits per heavy atom. The molecule has 0 aliphatic heterocycles. The van der Waals surface area contributed by atoms with E-state index in [1.807, 2.05) is 0 Å². The SMILES string of the molecule is CCN(CC)C(CNC(=O)NC1CCC(O)CC1)c1ccsc1. The Kier molecular flexibility index (Phi) is 7.33. The molecule has 0 aromatic carbocycles. The molecule has 130 valence electrons. The Morgan fingerprint density at radius 3 is 2.61 bits per heavy atom. The fourth-order valence-electron chi connectivity index (χ4n) is 3.23. The van der Waals surface area contributed by atoms with Crippen LogP contribution in [0.5, 0.6) is 0 Å². The Labute approximate surface area is 143 Å². The summed E-state index contributed by atoms with van der Waals surface area (Å²) in [5, 5.41) is 19.8. The highest BCUT2D eigenvalue weighted by molar-refractivity contribution is 7.07. The van der Waals surface area contributed by atoms with E-state index in [9.17, 15) is 9.90 Å². The van der Waals surface area contributed by atoms with E-state index < -0.39 is 0 Å². The first kappa shape index (κ1) is 18.2. The summed E-state index contributed by atoms with van der Waals surface area (Å²) in [6.07, 6.45) is 3.09. The van der Waals surface area contributed by atoms with Gasteiger partial charge in [-0.2, -0.15) is 11.3 Å². The lowest BCUT2D eigenvalue weighted by Crippen LogP contribution is -2.46. The second-order valence-corrected chi connectivity index (χ2v) is 6.93. The number of likely N-dealkylation sites (N-methyl/N-ethyl adjacent to an activating group) is 1. The Balaban J connectivity index is 1.84. The van der Waals surface area contributed by atoms with Crippen LogP contribution in [0.2, 0.25) is 0 Å². The number of hydrogen-bond acceptors (Lipinski definition) is 4. The van der Waals surface area contributed by atoms with Crippen LogP contribution in [0.25, 0.3) is 0 Å². The van der Waals surface area contributed by atoms with E-state index in [2.05, 4.69) is 46.2 Å². The van der Waals surface area contributed by atoms with E-state index >= 15 is 0 Å². The van der Waals surface area contributed by atoms with Gasteiger partial charge >= 0.3 is 6.03 Å². The highest BCUT2D eigenvalue weighted by atomic mass is 32.1. The normalized spacial score (nSPS) is 22.8. The molecule has 0 saturated heterocycles. The van der Waals surface area contributed by atoms with E-state index in [-0.39, 0.29) is 24.2 Å². The number of aliphatic hydroxyl groups excluding tert-OH is 1. The topological polar surface area (TPSA) is 64.6 Å². The lowest BCUT2D eigenvalue weighted by atomic mass is 9.93. The van der Waals surface area contributed by atoms with Gasteiger partial charge in [0.1, 0.15) is 0 Å². The molecule has 1 aromatic rings. The van der Waals surface area contributed by atoms with Gasteiger partial charge in [-0.15, -0.1) is 0 Å². The summed E-state index contributed by atoms with van der Waals surface area (Å²) in [4.78, 5) is 14.5. The maximum absolute atomic E-state index is 12.2. The van der Waals surface area contributed by atoms with Crippen LogP contribution < -0.4 is 10.6 Å². The van der Waals surface area contributed by atoms with Crippen molar-refractivity contribution in [3.05, 3.63) is 22.4 Å². The minimum atomic E-state index is -0.193. The summed E-state index contributed by atoms with van der Waals surface area (Å²) in [6, 6.07) is 2.44. The highest BCUT2D eigenvalue weighted by Gasteiger charge is 2.22. The molecular formula is C17H29N3O2S. The van der Waals surface area contributed by atoms with Gasteiger partial charge in [-0.1, -0.05) is 13.8 Å². The molecule has 0 bridgehead atoms. The van der Waals surface area contributed by atoms with Crippen LogP contribution in [0.3, 0.4) is 0 Å². The van der Waals surface area contributed by atoms with Crippen LogP contribution in [-0.4, -0.2) is 47.8 Å². The number of aliphatic hydroxyl groups is 1. The van der Waals surface area contributed by atoms with Gasteiger partial charge in [0, 0.05) is 12.6 Å². The van der Waals surface area contributed by atoms with Gasteiger partial charge in [-0.25, -0.2) is 4.79 Å². The lowest BCUT2D eigenvalue weighted by Gasteiger charge is -2.30. The van der Waals surface area contributed by atoms with Gasteiger partial charge in [0.25, 0.3) is 0 Å². The van der Waals surface area contributed by atoms with Gasteiger partial charge in [0.05, 0.1) is 12.1 Å². The Hall–Kier alpha value is -1.11. The first-order valence-electron chi connectivity index (χ1n) is 8.62. The molecular weight excluding hydrogens is 310 g/mol. The molecule has 1 unspecified atom stereocenters. The Bertz CT molecular complexity index is 454. The van der Waals surface area contributed by atoms with Gasteiger partial charge in [-0.05, 0) is 61.2 Å². The summed E-state index contributed by atoms with van der Waals surface area (Å²) in [5.41, 5.74) is 1.26. The predicted molar refractivity (Wildman–Crippen MR) is 94.8 cm³/mol. The largest absolute Gasteiger partial charge is 0.393 e. The number of carbonyl (C=O) groups is 1. The van der Waals surface area contributed by atoms with Crippen LogP contribution in [0.4, 0.5) is 4.79 Å². The van der Waals surface area contributed by atoms with Gasteiger partial charge < -0.3 is 15.7 Å². The fraction of sp³-hybridized carbons (Fsp3) is 0.706. The number of amides is 2. The number of nitrogens with zero attached hydrogens (tertiary/aromatic N) is 1. The summed E-state index contributed by atoms with van der Waals surface area (Å²) < 4.78 is 0. The summed E-state index contributed by atoms with van der Waals surface area (Å²) in [7, 11) is 0. The van der Waals surface area contributed by atoms with Crippen molar-refractivity contribution in [2.45, 2.75) is 57.7 Å². The van der Waals surface area contributed by atoms with Crippen molar-refractivity contribution in [3.63, 3.8) is 0 Å². The zero-order chi connectivity index (χ0) is 16.7. The molecule has 0 radical (unpaired) electrons. The molecule has 23 heavy (non-hydrogen) atoms. The molecule has 1 atom stereocenters. The van der Waals surface area contributed by atoms with E-state index in [4.69, 9.17) is 0 Å². The van der Waals surface area contributed by atoms with Crippen molar-refractivity contribution in [1.29, 1.82) is 0 Å². The molecule has 3 N–H and O–H groups in total. The van der Waals surface area contributed by atoms with Gasteiger partial charge in [0.15, 0.2) is 0 Å². The van der Waals surface area contributed by atoms with Crippen LogP contribution in [0.1, 0.15) is 51.1 Å². The zero-order valence-corrected chi connectivity index (χ0v) is 14.9. The van der Waals surface area contributed by atoms with Crippen LogP contribution in [0, 0.1) is 0 Å². The average Bonchev–Trinajstić information content (AvgIpc) is 3.08. The molecule has 1 aliphatic carbocycles. The number of rotatable bonds is 7. The predicted octanol–water partition coefficient (Wildman–Crippen LogP) is 2.73. The number of urea groups is 1. The summed E-state index contributed by atoms with van der Waals surface area (Å²) in [6.45, 7) is 6.83. The van der Waals surface area contributed by atoms with E-state index in [1.54, 1.807) is 11.3 Å². The molecule has 2 rings (SSSR count). The van der Waals surface area contributed by atoms with Crippen molar-refractivity contribution in [1.82, 2.24) is 15.5 Å². The Morgan fingerprint density at radius 2 is 2.04 bits per heavy atom. The zero-order valence-electron chi connectivity index (χ0n) is 14.1. The van der Waals surface area contributed by atoms with Gasteiger partial charge in [0.2, 0.25) is 0 Å². The first-order chi connectivity index (χ1) is 11.1. The monoisotopic (exact) mass is 339 g/mol. The lowest BCUT2D eigenvalue weighted by molar-refractivity contribution is 0.117. The fourth-order valence-corrected chi connectivity index (χ4v) is 3.94. The molecule has 1 aliphatic rings. The minimum absolute atomic E-state index is 0.0984. The molecule has 2 amide bonds. The third-order valence-corrected chi connectivity index (χ3v) is 5.37. The third kappa shape index (κ3) is 5.48. The minimum Gasteiger partial charge on any atom is -0.393 e. The smallest absolute Gasteiger partial charge is 0.315 e. The second-order valence-electron chi connectivity index (χ2n) is 6.15. The molecule has 1 saturated carbocycles. The summed E-state index contributed by atoms with van der Waals surface area (Å²) >= 11 is 1.69. The quantitative estimate of drug-likeness (QED) is 0.716. The summed E-state index contributed by atoms with van der Waals surface area (Å²) in [5.74, 6) is 0. The molecule has 1 aromatic heterocycles. The van der Waals surface area contributed by atoms with E-state index in [1.165, 1.54) is 5.56 Å². The van der Waals surface area contributed by atoms with Gasteiger partial charge in [-0.3, -0.25) is 4.90 Å². The number of hydrogen-bond donors (Lipinski definition) is 3.